The maximum atomic E-state index is 12.4. The molecule has 0 saturated carbocycles. The van der Waals surface area contributed by atoms with Crippen LogP contribution in [-0.4, -0.2) is 64.5 Å². The number of hydrogen-bond donors (Lipinski definition) is 3. The van der Waals surface area contributed by atoms with E-state index in [0.717, 1.165) is 17.1 Å². The first-order valence-corrected chi connectivity index (χ1v) is 9.44. The molecule has 2 amide bonds. The Kier molecular flexibility index (Phi) is 5.32. The molecule has 0 spiro atoms. The lowest BCUT2D eigenvalue weighted by molar-refractivity contribution is 0.0247. The number of anilines is 3. The molecule has 4 rings (SSSR count). The lowest BCUT2D eigenvalue weighted by Gasteiger charge is -2.34. The Morgan fingerprint density at radius 3 is 2.90 bits per heavy atom. The standard InChI is InChI=1S/C20H22N4O5/c25-8-6-15-12-23(7-9-29-15)14-4-5-17(21-10-14)22-16-3-1-2-13-11-24(20(27)28)19(26)18(13)16/h1-5,10,15,25H,6-9,11-12H2,(H,21,22)(H,27,28)/t15-/m1/s1. The predicted octanol–water partition coefficient (Wildman–Crippen LogP) is 2.05. The molecule has 1 aromatic carbocycles. The number of aliphatic hydroxyl groups is 1. The molecule has 29 heavy (non-hydrogen) atoms. The number of nitrogens with one attached hydrogen (secondary N) is 1. The minimum absolute atomic E-state index is 0.00153. The lowest BCUT2D eigenvalue weighted by atomic mass is 10.1. The Hall–Kier alpha value is -3.17. The molecule has 3 N–H and O–H groups in total. The van der Waals surface area contributed by atoms with Crippen molar-refractivity contribution in [3.8, 4) is 0 Å². The third-order valence-electron chi connectivity index (χ3n) is 5.13. The monoisotopic (exact) mass is 398 g/mol. The van der Waals surface area contributed by atoms with Gasteiger partial charge in [-0.25, -0.2) is 14.7 Å². The Balaban J connectivity index is 1.49. The quantitative estimate of drug-likeness (QED) is 0.701. The summed E-state index contributed by atoms with van der Waals surface area (Å²) in [5.41, 5.74) is 2.52. The number of morpholine rings is 1. The van der Waals surface area contributed by atoms with Crippen LogP contribution in [0.25, 0.3) is 0 Å². The molecule has 0 aliphatic carbocycles. The number of benzene rings is 1. The SMILES string of the molecule is O=C(O)N1Cc2cccc(Nc3ccc(N4CCO[C@H](CCO)C4)cn3)c2C1=O. The van der Waals surface area contributed by atoms with Crippen LogP contribution < -0.4 is 10.2 Å². The lowest BCUT2D eigenvalue weighted by Crippen LogP contribution is -2.42. The summed E-state index contributed by atoms with van der Waals surface area (Å²) in [6.45, 7) is 2.20. The topological polar surface area (TPSA) is 115 Å². The molecule has 0 bridgehead atoms. The van der Waals surface area contributed by atoms with Gasteiger partial charge in [0.05, 0.1) is 42.4 Å². The molecular formula is C20H22N4O5. The number of fused-ring (bicyclic) bond motifs is 1. The minimum Gasteiger partial charge on any atom is -0.465 e. The molecule has 2 aliphatic rings. The van der Waals surface area contributed by atoms with E-state index < -0.39 is 12.0 Å². The van der Waals surface area contributed by atoms with E-state index in [1.165, 1.54) is 0 Å². The second kappa shape index (κ2) is 8.06. The summed E-state index contributed by atoms with van der Waals surface area (Å²) in [7, 11) is 0. The number of rotatable bonds is 5. The molecule has 0 unspecified atom stereocenters. The molecular weight excluding hydrogens is 376 g/mol. The van der Waals surface area contributed by atoms with Gasteiger partial charge >= 0.3 is 6.09 Å². The van der Waals surface area contributed by atoms with Crippen LogP contribution in [0.15, 0.2) is 36.5 Å². The van der Waals surface area contributed by atoms with Crippen LogP contribution in [0, 0.1) is 0 Å². The maximum Gasteiger partial charge on any atom is 0.414 e. The third kappa shape index (κ3) is 3.87. The van der Waals surface area contributed by atoms with E-state index >= 15 is 0 Å². The van der Waals surface area contributed by atoms with Gasteiger partial charge in [0.1, 0.15) is 5.82 Å². The molecule has 152 valence electrons. The van der Waals surface area contributed by atoms with E-state index in [4.69, 9.17) is 9.84 Å². The zero-order chi connectivity index (χ0) is 20.4. The average molecular weight is 398 g/mol. The van der Waals surface area contributed by atoms with Crippen LogP contribution in [0.3, 0.4) is 0 Å². The zero-order valence-corrected chi connectivity index (χ0v) is 15.7. The van der Waals surface area contributed by atoms with Crippen LogP contribution in [0.5, 0.6) is 0 Å². The van der Waals surface area contributed by atoms with Gasteiger partial charge < -0.3 is 25.2 Å². The van der Waals surface area contributed by atoms with Crippen molar-refractivity contribution < 1.29 is 24.5 Å². The maximum absolute atomic E-state index is 12.4. The van der Waals surface area contributed by atoms with Gasteiger partial charge in [0, 0.05) is 19.7 Å². The van der Waals surface area contributed by atoms with Crippen molar-refractivity contribution in [3.63, 3.8) is 0 Å². The van der Waals surface area contributed by atoms with E-state index in [1.807, 2.05) is 12.1 Å². The third-order valence-corrected chi connectivity index (χ3v) is 5.13. The first-order chi connectivity index (χ1) is 14.1. The highest BCUT2D eigenvalue weighted by molar-refractivity contribution is 6.09. The number of carboxylic acid groups (broad SMARTS) is 1. The van der Waals surface area contributed by atoms with Crippen LogP contribution in [0.2, 0.25) is 0 Å². The number of hydrogen-bond acceptors (Lipinski definition) is 7. The van der Waals surface area contributed by atoms with Crippen molar-refractivity contribution in [1.82, 2.24) is 9.88 Å². The van der Waals surface area contributed by atoms with Gasteiger partial charge in [-0.3, -0.25) is 4.79 Å². The first kappa shape index (κ1) is 19.2. The second-order valence-corrected chi connectivity index (χ2v) is 6.99. The van der Waals surface area contributed by atoms with E-state index in [0.29, 0.717) is 42.2 Å². The van der Waals surface area contributed by atoms with E-state index in [-0.39, 0.29) is 19.3 Å². The van der Waals surface area contributed by atoms with E-state index in [1.54, 1.807) is 24.4 Å². The number of carbonyl (C=O) groups is 2. The van der Waals surface area contributed by atoms with E-state index in [2.05, 4.69) is 15.2 Å². The van der Waals surface area contributed by atoms with Crippen LogP contribution >= 0.6 is 0 Å². The minimum atomic E-state index is -1.26. The van der Waals surface area contributed by atoms with Crippen LogP contribution in [-0.2, 0) is 11.3 Å². The average Bonchev–Trinajstić information content (AvgIpc) is 3.07. The summed E-state index contributed by atoms with van der Waals surface area (Å²) in [4.78, 5) is 31.1. The molecule has 9 nitrogen and oxygen atoms in total. The summed E-state index contributed by atoms with van der Waals surface area (Å²) in [6.07, 6.45) is 1.09. The largest absolute Gasteiger partial charge is 0.465 e. The van der Waals surface area contributed by atoms with Crippen LogP contribution in [0.4, 0.5) is 22.0 Å². The van der Waals surface area contributed by atoms with Crippen molar-refractivity contribution in [2.75, 3.05) is 36.5 Å². The fourth-order valence-electron chi connectivity index (χ4n) is 3.68. The second-order valence-electron chi connectivity index (χ2n) is 6.99. The van der Waals surface area contributed by atoms with Gasteiger partial charge in [-0.05, 0) is 30.2 Å². The van der Waals surface area contributed by atoms with Crippen molar-refractivity contribution in [1.29, 1.82) is 0 Å². The molecule has 1 atom stereocenters. The van der Waals surface area contributed by atoms with E-state index in [9.17, 15) is 14.7 Å². The Morgan fingerprint density at radius 1 is 1.31 bits per heavy atom. The van der Waals surface area contributed by atoms with Crippen molar-refractivity contribution in [2.45, 2.75) is 19.1 Å². The van der Waals surface area contributed by atoms with Gasteiger partial charge in [0.15, 0.2) is 0 Å². The molecule has 2 aliphatic heterocycles. The van der Waals surface area contributed by atoms with Crippen molar-refractivity contribution >= 4 is 29.2 Å². The van der Waals surface area contributed by atoms with Crippen LogP contribution in [0.1, 0.15) is 22.3 Å². The molecule has 1 saturated heterocycles. The molecule has 1 aromatic heterocycles. The van der Waals surface area contributed by atoms with Crippen molar-refractivity contribution in [3.05, 3.63) is 47.7 Å². The zero-order valence-electron chi connectivity index (χ0n) is 15.7. The Labute approximate surface area is 167 Å². The van der Waals surface area contributed by atoms with Crippen molar-refractivity contribution in [2.24, 2.45) is 0 Å². The predicted molar refractivity (Wildman–Crippen MR) is 106 cm³/mol. The van der Waals surface area contributed by atoms with Gasteiger partial charge in [-0.1, -0.05) is 12.1 Å². The van der Waals surface area contributed by atoms with Gasteiger partial charge in [-0.15, -0.1) is 0 Å². The highest BCUT2D eigenvalue weighted by Gasteiger charge is 2.34. The summed E-state index contributed by atoms with van der Waals surface area (Å²) in [6, 6.07) is 9.02. The molecule has 3 heterocycles. The number of imide groups is 1. The normalized spacial score (nSPS) is 18.7. The summed E-state index contributed by atoms with van der Waals surface area (Å²) >= 11 is 0. The smallest absolute Gasteiger partial charge is 0.414 e. The molecule has 0 radical (unpaired) electrons. The number of ether oxygens (including phenoxy) is 1. The molecule has 2 aromatic rings. The highest BCUT2D eigenvalue weighted by atomic mass is 16.5. The summed E-state index contributed by atoms with van der Waals surface area (Å²) < 4.78 is 5.64. The number of aromatic nitrogens is 1. The first-order valence-electron chi connectivity index (χ1n) is 9.44. The Bertz CT molecular complexity index is 916. The number of nitrogens with zero attached hydrogens (tertiary/aromatic N) is 3. The highest BCUT2D eigenvalue weighted by Crippen LogP contribution is 2.31. The number of carbonyl (C=O) groups excluding carboxylic acids is 1. The molecule has 1 fully saturated rings. The van der Waals surface area contributed by atoms with Gasteiger partial charge in [0.25, 0.3) is 5.91 Å². The van der Waals surface area contributed by atoms with Gasteiger partial charge in [-0.2, -0.15) is 0 Å². The summed E-state index contributed by atoms with van der Waals surface area (Å²) in [5.74, 6) is 0.0272. The molecule has 9 heteroatoms. The summed E-state index contributed by atoms with van der Waals surface area (Å²) in [5, 5.41) is 21.4. The number of pyridine rings is 1. The Morgan fingerprint density at radius 2 is 2.17 bits per heavy atom. The number of amides is 2. The van der Waals surface area contributed by atoms with Gasteiger partial charge in [0.2, 0.25) is 0 Å². The fourth-order valence-corrected chi connectivity index (χ4v) is 3.68. The fraction of sp³-hybridized carbons (Fsp3) is 0.350. The number of aliphatic hydroxyl groups excluding tert-OH is 1.